The zero-order chi connectivity index (χ0) is 16.1. The largest absolute Gasteiger partial charge is 0.467 e. The van der Waals surface area contributed by atoms with E-state index in [1.807, 2.05) is 36.4 Å². The number of hydrogen-bond acceptors (Lipinski definition) is 3. The van der Waals surface area contributed by atoms with E-state index in [0.29, 0.717) is 23.0 Å². The van der Waals surface area contributed by atoms with Gasteiger partial charge in [0.25, 0.3) is 0 Å². The van der Waals surface area contributed by atoms with Crippen LogP contribution in [-0.2, 0) is 11.3 Å². The van der Waals surface area contributed by atoms with Gasteiger partial charge in [-0.25, -0.2) is 0 Å². The molecular weight excluding hydrogens is 312 g/mol. The monoisotopic (exact) mass is 326 g/mol. The van der Waals surface area contributed by atoms with Crippen molar-refractivity contribution in [3.63, 3.8) is 0 Å². The molecule has 0 aliphatic heterocycles. The molecule has 2 heterocycles. The summed E-state index contributed by atoms with van der Waals surface area (Å²) in [7, 11) is 0. The maximum atomic E-state index is 12.7. The van der Waals surface area contributed by atoms with Gasteiger partial charge in [0.1, 0.15) is 11.7 Å². The Labute approximate surface area is 139 Å². The first-order valence-electron chi connectivity index (χ1n) is 7.20. The molecule has 0 fully saturated rings. The standard InChI is InChI=1S/C18H15ClN2O2/c19-14-8-6-13(7-9-14)17(16-5-1-2-10-20-16)18(22)21-12-15-4-3-11-23-15/h1-11,17H,12H2,(H,21,22). The fraction of sp³-hybridized carbons (Fsp3) is 0.111. The Kier molecular flexibility index (Phi) is 4.74. The molecule has 0 bridgehead atoms. The van der Waals surface area contributed by atoms with Gasteiger partial charge in [-0.3, -0.25) is 9.78 Å². The molecule has 0 aliphatic rings. The van der Waals surface area contributed by atoms with E-state index in [2.05, 4.69) is 10.3 Å². The second-order valence-corrected chi connectivity index (χ2v) is 5.47. The van der Waals surface area contributed by atoms with Gasteiger partial charge in [-0.05, 0) is 42.0 Å². The molecule has 3 rings (SSSR count). The number of carbonyl (C=O) groups is 1. The molecule has 23 heavy (non-hydrogen) atoms. The Morgan fingerprint density at radius 3 is 2.61 bits per heavy atom. The third-order valence-corrected chi connectivity index (χ3v) is 3.72. The number of halogens is 1. The molecule has 0 saturated carbocycles. The predicted molar refractivity (Wildman–Crippen MR) is 88.1 cm³/mol. The van der Waals surface area contributed by atoms with Crippen LogP contribution < -0.4 is 5.32 Å². The van der Waals surface area contributed by atoms with Crippen LogP contribution in [0.1, 0.15) is 22.9 Å². The van der Waals surface area contributed by atoms with Crippen molar-refractivity contribution in [3.05, 3.63) is 89.1 Å². The first-order valence-corrected chi connectivity index (χ1v) is 7.58. The quantitative estimate of drug-likeness (QED) is 0.776. The van der Waals surface area contributed by atoms with Crippen LogP contribution in [0.4, 0.5) is 0 Å². The van der Waals surface area contributed by atoms with Crippen LogP contribution in [0, 0.1) is 0 Å². The van der Waals surface area contributed by atoms with Crippen LogP contribution in [0.5, 0.6) is 0 Å². The molecule has 0 spiro atoms. The molecule has 1 unspecified atom stereocenters. The van der Waals surface area contributed by atoms with Gasteiger partial charge < -0.3 is 9.73 Å². The molecule has 1 amide bonds. The Hall–Kier alpha value is -2.59. The van der Waals surface area contributed by atoms with Gasteiger partial charge in [0.15, 0.2) is 0 Å². The van der Waals surface area contributed by atoms with Gasteiger partial charge in [-0.2, -0.15) is 0 Å². The van der Waals surface area contributed by atoms with Crippen LogP contribution in [-0.4, -0.2) is 10.9 Å². The van der Waals surface area contributed by atoms with E-state index < -0.39 is 5.92 Å². The van der Waals surface area contributed by atoms with Crippen molar-refractivity contribution in [1.29, 1.82) is 0 Å². The summed E-state index contributed by atoms with van der Waals surface area (Å²) in [6.45, 7) is 0.336. The molecule has 1 N–H and O–H groups in total. The highest BCUT2D eigenvalue weighted by molar-refractivity contribution is 6.30. The molecule has 3 aromatic rings. The van der Waals surface area contributed by atoms with Crippen molar-refractivity contribution in [1.82, 2.24) is 10.3 Å². The van der Waals surface area contributed by atoms with Gasteiger partial charge in [-0.15, -0.1) is 0 Å². The summed E-state index contributed by atoms with van der Waals surface area (Å²) in [5.74, 6) is 0.0695. The first kappa shape index (κ1) is 15.3. The lowest BCUT2D eigenvalue weighted by molar-refractivity contribution is -0.122. The highest BCUT2D eigenvalue weighted by atomic mass is 35.5. The number of amides is 1. The van der Waals surface area contributed by atoms with Gasteiger partial charge in [0.05, 0.1) is 18.5 Å². The van der Waals surface area contributed by atoms with Crippen LogP contribution in [0.25, 0.3) is 0 Å². The zero-order valence-electron chi connectivity index (χ0n) is 12.3. The van der Waals surface area contributed by atoms with E-state index in [-0.39, 0.29) is 5.91 Å². The number of aromatic nitrogens is 1. The third kappa shape index (κ3) is 3.79. The van der Waals surface area contributed by atoms with Crippen molar-refractivity contribution in [2.45, 2.75) is 12.5 Å². The normalized spacial score (nSPS) is 11.9. The molecule has 5 heteroatoms. The van der Waals surface area contributed by atoms with Gasteiger partial charge in [0.2, 0.25) is 5.91 Å². The Balaban J connectivity index is 1.85. The number of carbonyl (C=O) groups excluding carboxylic acids is 1. The number of benzene rings is 1. The van der Waals surface area contributed by atoms with E-state index in [4.69, 9.17) is 16.0 Å². The topological polar surface area (TPSA) is 55.1 Å². The maximum Gasteiger partial charge on any atom is 0.233 e. The number of rotatable bonds is 5. The molecule has 4 nitrogen and oxygen atoms in total. The minimum atomic E-state index is -0.497. The van der Waals surface area contributed by atoms with Crippen LogP contribution >= 0.6 is 11.6 Å². The first-order chi connectivity index (χ1) is 11.2. The number of pyridine rings is 1. The molecule has 0 aliphatic carbocycles. The van der Waals surface area contributed by atoms with Crippen molar-refractivity contribution in [2.24, 2.45) is 0 Å². The molecule has 2 aromatic heterocycles. The van der Waals surface area contributed by atoms with Crippen molar-refractivity contribution >= 4 is 17.5 Å². The molecular formula is C18H15ClN2O2. The van der Waals surface area contributed by atoms with E-state index in [1.54, 1.807) is 30.7 Å². The van der Waals surface area contributed by atoms with Gasteiger partial charge in [-0.1, -0.05) is 29.8 Å². The van der Waals surface area contributed by atoms with E-state index >= 15 is 0 Å². The Morgan fingerprint density at radius 1 is 1.13 bits per heavy atom. The lowest BCUT2D eigenvalue weighted by Gasteiger charge is -2.16. The number of furan rings is 1. The lowest BCUT2D eigenvalue weighted by atomic mass is 9.94. The van der Waals surface area contributed by atoms with Crippen LogP contribution in [0.3, 0.4) is 0 Å². The average Bonchev–Trinajstić information content (AvgIpc) is 3.09. The summed E-state index contributed by atoms with van der Waals surface area (Å²) in [5, 5.41) is 3.52. The zero-order valence-corrected chi connectivity index (χ0v) is 13.0. The fourth-order valence-corrected chi connectivity index (χ4v) is 2.47. The highest BCUT2D eigenvalue weighted by Crippen LogP contribution is 2.25. The molecule has 0 saturated heterocycles. The van der Waals surface area contributed by atoms with Crippen LogP contribution in [0.2, 0.25) is 5.02 Å². The number of hydrogen-bond donors (Lipinski definition) is 1. The minimum absolute atomic E-state index is 0.137. The SMILES string of the molecule is O=C(NCc1ccco1)C(c1ccc(Cl)cc1)c1ccccn1. The van der Waals surface area contributed by atoms with Crippen molar-refractivity contribution in [2.75, 3.05) is 0 Å². The van der Waals surface area contributed by atoms with Gasteiger partial charge in [0, 0.05) is 11.2 Å². The second kappa shape index (κ2) is 7.11. The van der Waals surface area contributed by atoms with E-state index in [9.17, 15) is 4.79 Å². The molecule has 0 radical (unpaired) electrons. The average molecular weight is 327 g/mol. The summed E-state index contributed by atoms with van der Waals surface area (Å²) in [4.78, 5) is 17.0. The minimum Gasteiger partial charge on any atom is -0.467 e. The fourth-order valence-electron chi connectivity index (χ4n) is 2.35. The van der Waals surface area contributed by atoms with E-state index in [1.165, 1.54) is 0 Å². The third-order valence-electron chi connectivity index (χ3n) is 3.47. The highest BCUT2D eigenvalue weighted by Gasteiger charge is 2.23. The van der Waals surface area contributed by atoms with Crippen molar-refractivity contribution < 1.29 is 9.21 Å². The summed E-state index contributed by atoms with van der Waals surface area (Å²) < 4.78 is 5.24. The Morgan fingerprint density at radius 2 is 1.96 bits per heavy atom. The molecule has 116 valence electrons. The summed E-state index contributed by atoms with van der Waals surface area (Å²) in [5.41, 5.74) is 1.52. The summed E-state index contributed by atoms with van der Waals surface area (Å²) in [6.07, 6.45) is 3.26. The van der Waals surface area contributed by atoms with Gasteiger partial charge >= 0.3 is 0 Å². The lowest BCUT2D eigenvalue weighted by Crippen LogP contribution is -2.30. The Bertz CT molecular complexity index is 755. The number of nitrogens with zero attached hydrogens (tertiary/aromatic N) is 1. The molecule has 1 atom stereocenters. The maximum absolute atomic E-state index is 12.7. The van der Waals surface area contributed by atoms with Crippen LogP contribution in [0.15, 0.2) is 71.5 Å². The molecule has 1 aromatic carbocycles. The smallest absolute Gasteiger partial charge is 0.233 e. The van der Waals surface area contributed by atoms with E-state index in [0.717, 1.165) is 5.56 Å². The summed E-state index contributed by atoms with van der Waals surface area (Å²) in [6, 6.07) is 16.4. The van der Waals surface area contributed by atoms with Crippen molar-refractivity contribution in [3.8, 4) is 0 Å². The number of nitrogens with one attached hydrogen (secondary N) is 1. The second-order valence-electron chi connectivity index (χ2n) is 5.04. The predicted octanol–water partition coefficient (Wildman–Crippen LogP) is 3.78. The summed E-state index contributed by atoms with van der Waals surface area (Å²) >= 11 is 5.94.